The van der Waals surface area contributed by atoms with Crippen molar-refractivity contribution >= 4 is 12.0 Å². The third-order valence-corrected chi connectivity index (χ3v) is 3.08. The Morgan fingerprint density at radius 1 is 1.19 bits per heavy atom. The number of amides is 2. The number of carboxylic acid groups (broad SMARTS) is 1. The Labute approximate surface area is 118 Å². The van der Waals surface area contributed by atoms with Crippen molar-refractivity contribution in [3.05, 3.63) is 35.4 Å². The topological polar surface area (TPSA) is 60.9 Å². The number of carboxylic acids is 1. The van der Waals surface area contributed by atoms with Crippen LogP contribution in [0.25, 0.3) is 0 Å². The number of rotatable bonds is 3. The van der Waals surface area contributed by atoms with Gasteiger partial charge in [-0.05, 0) is 11.1 Å². The molecule has 2 rings (SSSR count). The molecule has 0 aromatic heterocycles. The lowest BCUT2D eigenvalue weighted by Gasteiger charge is -2.27. The molecule has 0 fully saturated rings. The molecule has 0 saturated heterocycles. The third-order valence-electron chi connectivity index (χ3n) is 3.08. The molecule has 0 spiro atoms. The zero-order valence-corrected chi connectivity index (χ0v) is 10.9. The highest BCUT2D eigenvalue weighted by molar-refractivity contribution is 5.80. The number of benzene rings is 1. The maximum Gasteiger partial charge on any atom is 0.406 e. The molecule has 0 atom stereocenters. The summed E-state index contributed by atoms with van der Waals surface area (Å²) >= 11 is 0. The number of halogens is 3. The van der Waals surface area contributed by atoms with Crippen LogP contribution in [0, 0.1) is 0 Å². The number of carbonyl (C=O) groups is 2. The van der Waals surface area contributed by atoms with Crippen molar-refractivity contribution in [3.8, 4) is 0 Å². The van der Waals surface area contributed by atoms with E-state index in [0.29, 0.717) is 4.90 Å². The number of urea groups is 1. The van der Waals surface area contributed by atoms with E-state index in [1.165, 1.54) is 4.90 Å². The first-order valence-corrected chi connectivity index (χ1v) is 6.15. The molecule has 0 saturated carbocycles. The van der Waals surface area contributed by atoms with Gasteiger partial charge in [-0.15, -0.1) is 0 Å². The smallest absolute Gasteiger partial charge is 0.406 e. The van der Waals surface area contributed by atoms with Gasteiger partial charge in [-0.3, -0.25) is 4.79 Å². The number of aliphatic carboxylic acids is 1. The zero-order valence-electron chi connectivity index (χ0n) is 10.9. The van der Waals surface area contributed by atoms with E-state index in [-0.39, 0.29) is 13.1 Å². The van der Waals surface area contributed by atoms with Crippen molar-refractivity contribution in [2.45, 2.75) is 19.3 Å². The van der Waals surface area contributed by atoms with E-state index in [0.717, 1.165) is 11.1 Å². The fourth-order valence-corrected chi connectivity index (χ4v) is 2.24. The van der Waals surface area contributed by atoms with E-state index in [2.05, 4.69) is 0 Å². The second-order valence-corrected chi connectivity index (χ2v) is 4.77. The quantitative estimate of drug-likeness (QED) is 0.930. The lowest BCUT2D eigenvalue weighted by Crippen LogP contribution is -2.47. The normalized spacial score (nSPS) is 14.0. The van der Waals surface area contributed by atoms with Gasteiger partial charge in [-0.2, -0.15) is 13.2 Å². The van der Waals surface area contributed by atoms with Crippen LogP contribution in [0.4, 0.5) is 18.0 Å². The van der Waals surface area contributed by atoms with E-state index in [4.69, 9.17) is 5.11 Å². The molecule has 0 aliphatic carbocycles. The summed E-state index contributed by atoms with van der Waals surface area (Å²) in [5, 5.41) is 8.67. The van der Waals surface area contributed by atoms with Gasteiger partial charge in [0.05, 0.1) is 0 Å². The number of carbonyl (C=O) groups excluding carboxylic acids is 1. The van der Waals surface area contributed by atoms with Gasteiger partial charge in [0, 0.05) is 13.1 Å². The molecular weight excluding hydrogens is 289 g/mol. The number of hydrogen-bond donors (Lipinski definition) is 1. The summed E-state index contributed by atoms with van der Waals surface area (Å²) in [4.78, 5) is 24.3. The molecule has 1 aromatic carbocycles. The third kappa shape index (κ3) is 3.87. The van der Waals surface area contributed by atoms with Crippen LogP contribution in [-0.4, -0.2) is 46.2 Å². The van der Waals surface area contributed by atoms with Crippen molar-refractivity contribution in [3.63, 3.8) is 0 Å². The summed E-state index contributed by atoms with van der Waals surface area (Å²) in [6.07, 6.45) is -4.64. The Morgan fingerprint density at radius 2 is 1.71 bits per heavy atom. The number of hydrogen-bond acceptors (Lipinski definition) is 2. The lowest BCUT2D eigenvalue weighted by atomic mass is 10.1. The van der Waals surface area contributed by atoms with Crippen LogP contribution in [0.2, 0.25) is 0 Å². The van der Waals surface area contributed by atoms with Gasteiger partial charge in [-0.25, -0.2) is 4.79 Å². The summed E-state index contributed by atoms with van der Waals surface area (Å²) in [7, 11) is 0. The lowest BCUT2D eigenvalue weighted by molar-refractivity contribution is -0.149. The first-order valence-electron chi connectivity index (χ1n) is 6.15. The molecule has 21 heavy (non-hydrogen) atoms. The van der Waals surface area contributed by atoms with Crippen molar-refractivity contribution in [1.29, 1.82) is 0 Å². The van der Waals surface area contributed by atoms with Gasteiger partial charge in [0.25, 0.3) is 0 Å². The summed E-state index contributed by atoms with van der Waals surface area (Å²) in [5.41, 5.74) is 1.71. The summed E-state index contributed by atoms with van der Waals surface area (Å²) in [5.74, 6) is -1.48. The molecule has 114 valence electrons. The average Bonchev–Trinajstić information content (AvgIpc) is 2.78. The molecule has 0 radical (unpaired) electrons. The number of alkyl halides is 3. The van der Waals surface area contributed by atoms with Gasteiger partial charge in [0.2, 0.25) is 0 Å². The average molecular weight is 302 g/mol. The van der Waals surface area contributed by atoms with E-state index in [9.17, 15) is 22.8 Å². The van der Waals surface area contributed by atoms with Crippen LogP contribution < -0.4 is 0 Å². The molecular formula is C13H13F3N2O3. The first-order chi connectivity index (χ1) is 9.76. The van der Waals surface area contributed by atoms with Crippen molar-refractivity contribution < 1.29 is 27.9 Å². The van der Waals surface area contributed by atoms with Crippen LogP contribution in [0.5, 0.6) is 0 Å². The highest BCUT2D eigenvalue weighted by Gasteiger charge is 2.36. The van der Waals surface area contributed by atoms with Crippen LogP contribution in [0.15, 0.2) is 24.3 Å². The van der Waals surface area contributed by atoms with Crippen LogP contribution in [0.3, 0.4) is 0 Å². The second-order valence-electron chi connectivity index (χ2n) is 4.77. The molecule has 1 heterocycles. The van der Waals surface area contributed by atoms with Crippen molar-refractivity contribution in [2.24, 2.45) is 0 Å². The SMILES string of the molecule is O=C(O)CN(CC(F)(F)F)C(=O)N1Cc2ccccc2C1. The Hall–Kier alpha value is -2.25. The van der Waals surface area contributed by atoms with Crippen LogP contribution in [0.1, 0.15) is 11.1 Å². The van der Waals surface area contributed by atoms with Gasteiger partial charge in [0.15, 0.2) is 0 Å². The Kier molecular flexibility index (Phi) is 4.06. The van der Waals surface area contributed by atoms with Crippen molar-refractivity contribution in [2.75, 3.05) is 13.1 Å². The molecule has 1 N–H and O–H groups in total. The summed E-state index contributed by atoms with van der Waals surface area (Å²) < 4.78 is 37.4. The maximum atomic E-state index is 12.5. The zero-order chi connectivity index (χ0) is 15.6. The molecule has 0 unspecified atom stereocenters. The minimum atomic E-state index is -4.64. The number of nitrogens with zero attached hydrogens (tertiary/aromatic N) is 2. The molecule has 8 heteroatoms. The maximum absolute atomic E-state index is 12.5. The van der Waals surface area contributed by atoms with E-state index in [1.807, 2.05) is 0 Å². The molecule has 1 aliphatic heterocycles. The largest absolute Gasteiger partial charge is 0.480 e. The van der Waals surface area contributed by atoms with E-state index in [1.54, 1.807) is 24.3 Å². The van der Waals surface area contributed by atoms with Gasteiger partial charge in [0.1, 0.15) is 13.1 Å². The van der Waals surface area contributed by atoms with Crippen molar-refractivity contribution in [1.82, 2.24) is 9.80 Å². The molecule has 1 aromatic rings. The fraction of sp³-hybridized carbons (Fsp3) is 0.385. The molecule has 0 bridgehead atoms. The summed E-state index contributed by atoms with van der Waals surface area (Å²) in [6.45, 7) is -2.19. The Balaban J connectivity index is 2.11. The van der Waals surface area contributed by atoms with Gasteiger partial charge >= 0.3 is 18.2 Å². The second kappa shape index (κ2) is 5.63. The summed E-state index contributed by atoms with van der Waals surface area (Å²) in [6, 6.07) is 6.20. The predicted molar refractivity (Wildman–Crippen MR) is 66.3 cm³/mol. The van der Waals surface area contributed by atoms with E-state index < -0.39 is 31.3 Å². The Morgan fingerprint density at radius 3 is 2.14 bits per heavy atom. The van der Waals surface area contributed by atoms with Crippen LogP contribution in [-0.2, 0) is 17.9 Å². The fourth-order valence-electron chi connectivity index (χ4n) is 2.24. The predicted octanol–water partition coefficient (Wildman–Crippen LogP) is 2.07. The monoisotopic (exact) mass is 302 g/mol. The van der Waals surface area contributed by atoms with E-state index >= 15 is 0 Å². The van der Waals surface area contributed by atoms with Gasteiger partial charge in [-0.1, -0.05) is 24.3 Å². The number of fused-ring (bicyclic) bond motifs is 1. The molecule has 1 aliphatic rings. The van der Waals surface area contributed by atoms with Gasteiger partial charge < -0.3 is 14.9 Å². The minimum absolute atomic E-state index is 0.184. The molecule has 2 amide bonds. The first kappa shape index (κ1) is 15.1. The molecule has 5 nitrogen and oxygen atoms in total. The highest BCUT2D eigenvalue weighted by atomic mass is 19.4. The van der Waals surface area contributed by atoms with Crippen LogP contribution >= 0.6 is 0 Å². The Bertz CT molecular complexity index is 535. The highest BCUT2D eigenvalue weighted by Crippen LogP contribution is 2.24. The standard InChI is InChI=1S/C13H13F3N2O3/c14-13(15,16)8-18(7-11(19)20)12(21)17-5-9-3-1-2-4-10(9)6-17/h1-4H,5-8H2,(H,19,20). The minimum Gasteiger partial charge on any atom is -0.480 e.